The lowest BCUT2D eigenvalue weighted by atomic mass is 10.1. The SMILES string of the molecule is CC(NS(=O)(=O)c1cccc(C(F)(F)F)c1)c1ccc(S(N)(=O)=O)cc1. The van der Waals surface area contributed by atoms with Crippen molar-refractivity contribution in [3.8, 4) is 0 Å². The van der Waals surface area contributed by atoms with Crippen molar-refractivity contribution in [2.75, 3.05) is 0 Å². The van der Waals surface area contributed by atoms with Crippen LogP contribution in [0.15, 0.2) is 58.3 Å². The van der Waals surface area contributed by atoms with Crippen molar-refractivity contribution in [2.24, 2.45) is 5.14 Å². The second-order valence-electron chi connectivity index (χ2n) is 5.48. The Hall–Kier alpha value is -1.95. The molecule has 0 amide bonds. The zero-order valence-electron chi connectivity index (χ0n) is 13.4. The summed E-state index contributed by atoms with van der Waals surface area (Å²) in [4.78, 5) is -0.672. The van der Waals surface area contributed by atoms with Crippen molar-refractivity contribution in [3.63, 3.8) is 0 Å². The summed E-state index contributed by atoms with van der Waals surface area (Å²) in [5.41, 5.74) is -0.668. The maximum Gasteiger partial charge on any atom is 0.416 e. The number of rotatable bonds is 5. The highest BCUT2D eigenvalue weighted by molar-refractivity contribution is 7.89. The highest BCUT2D eigenvalue weighted by atomic mass is 32.2. The van der Waals surface area contributed by atoms with E-state index in [0.717, 1.165) is 18.2 Å². The Kier molecular flexibility index (Phi) is 5.47. The third-order valence-corrected chi connectivity index (χ3v) is 5.98. The molecule has 0 fully saturated rings. The van der Waals surface area contributed by atoms with E-state index in [1.807, 2.05) is 0 Å². The van der Waals surface area contributed by atoms with Crippen molar-refractivity contribution < 1.29 is 30.0 Å². The first-order valence-corrected chi connectivity index (χ1v) is 10.2. The number of benzene rings is 2. The van der Waals surface area contributed by atoms with Crippen molar-refractivity contribution in [1.82, 2.24) is 4.72 Å². The van der Waals surface area contributed by atoms with Gasteiger partial charge in [0.25, 0.3) is 0 Å². The van der Waals surface area contributed by atoms with Gasteiger partial charge in [0.1, 0.15) is 0 Å². The van der Waals surface area contributed by atoms with Gasteiger partial charge in [0.05, 0.1) is 15.4 Å². The second-order valence-corrected chi connectivity index (χ2v) is 8.76. The average molecular weight is 408 g/mol. The van der Waals surface area contributed by atoms with Crippen LogP contribution in [-0.4, -0.2) is 16.8 Å². The summed E-state index contributed by atoms with van der Waals surface area (Å²) in [7, 11) is -8.11. The van der Waals surface area contributed by atoms with E-state index in [-0.39, 0.29) is 4.90 Å². The number of nitrogens with one attached hydrogen (secondary N) is 1. The normalized spacial score (nSPS) is 14.2. The maximum atomic E-state index is 12.7. The molecule has 2 rings (SSSR count). The molecule has 0 radical (unpaired) electrons. The summed E-state index contributed by atoms with van der Waals surface area (Å²) in [6.07, 6.45) is -4.67. The van der Waals surface area contributed by atoms with E-state index in [0.29, 0.717) is 11.6 Å². The number of halogens is 3. The standard InChI is InChI=1S/C15H15F3N2O4S2/c1-10(11-5-7-13(8-6-11)25(19,21)22)20-26(23,24)14-4-2-3-12(9-14)15(16,17)18/h2-10,20H,1H3,(H2,19,21,22). The van der Waals surface area contributed by atoms with E-state index in [2.05, 4.69) is 4.72 Å². The lowest BCUT2D eigenvalue weighted by molar-refractivity contribution is -0.137. The smallest absolute Gasteiger partial charge is 0.225 e. The highest BCUT2D eigenvalue weighted by Crippen LogP contribution is 2.30. The number of sulfonamides is 2. The average Bonchev–Trinajstić information content (AvgIpc) is 2.53. The van der Waals surface area contributed by atoms with Crippen LogP contribution in [0.3, 0.4) is 0 Å². The van der Waals surface area contributed by atoms with Crippen LogP contribution in [0.2, 0.25) is 0 Å². The fraction of sp³-hybridized carbons (Fsp3) is 0.200. The molecular formula is C15H15F3N2O4S2. The van der Waals surface area contributed by atoms with Crippen LogP contribution in [0.5, 0.6) is 0 Å². The van der Waals surface area contributed by atoms with Gasteiger partial charge >= 0.3 is 6.18 Å². The molecule has 6 nitrogen and oxygen atoms in total. The molecule has 0 saturated carbocycles. The minimum absolute atomic E-state index is 0.144. The summed E-state index contributed by atoms with van der Waals surface area (Å²) in [5, 5.41) is 4.98. The van der Waals surface area contributed by atoms with E-state index in [1.165, 1.54) is 31.2 Å². The van der Waals surface area contributed by atoms with E-state index < -0.39 is 42.7 Å². The molecule has 1 atom stereocenters. The Bertz CT molecular complexity index is 1000. The van der Waals surface area contributed by atoms with E-state index in [1.54, 1.807) is 0 Å². The van der Waals surface area contributed by atoms with Crippen molar-refractivity contribution in [1.29, 1.82) is 0 Å². The second kappa shape index (κ2) is 6.99. The van der Waals surface area contributed by atoms with Gasteiger partial charge in [-0.05, 0) is 42.8 Å². The molecule has 26 heavy (non-hydrogen) atoms. The number of primary sulfonamides is 1. The van der Waals surface area contributed by atoms with Gasteiger partial charge in [0.2, 0.25) is 20.0 Å². The van der Waals surface area contributed by atoms with E-state index in [9.17, 15) is 30.0 Å². The molecule has 142 valence electrons. The van der Waals surface area contributed by atoms with Gasteiger partial charge in [-0.2, -0.15) is 13.2 Å². The van der Waals surface area contributed by atoms with Crippen LogP contribution in [0.4, 0.5) is 13.2 Å². The molecule has 0 bridgehead atoms. The van der Waals surface area contributed by atoms with Crippen LogP contribution < -0.4 is 9.86 Å². The van der Waals surface area contributed by atoms with Gasteiger partial charge in [0.15, 0.2) is 0 Å². The first-order chi connectivity index (χ1) is 11.8. The highest BCUT2D eigenvalue weighted by Gasteiger charge is 2.32. The van der Waals surface area contributed by atoms with Crippen LogP contribution >= 0.6 is 0 Å². The van der Waals surface area contributed by atoms with Gasteiger partial charge in [-0.25, -0.2) is 26.7 Å². The maximum absolute atomic E-state index is 12.7. The predicted octanol–water partition coefficient (Wildman–Crippen LogP) is 2.39. The monoisotopic (exact) mass is 408 g/mol. The van der Waals surface area contributed by atoms with Crippen molar-refractivity contribution in [3.05, 3.63) is 59.7 Å². The fourth-order valence-corrected chi connectivity index (χ4v) is 3.95. The molecule has 1 unspecified atom stereocenters. The van der Waals surface area contributed by atoms with Gasteiger partial charge < -0.3 is 0 Å². The summed E-state index contributed by atoms with van der Waals surface area (Å²) < 4.78 is 87.6. The molecule has 0 aliphatic rings. The molecule has 3 N–H and O–H groups in total. The molecule has 0 aliphatic heterocycles. The first-order valence-electron chi connectivity index (χ1n) is 7.13. The van der Waals surface area contributed by atoms with Crippen LogP contribution in [0.1, 0.15) is 24.1 Å². The number of nitrogens with two attached hydrogens (primary N) is 1. The number of alkyl halides is 3. The molecule has 0 saturated heterocycles. The molecule has 2 aromatic carbocycles. The molecule has 0 spiro atoms. The Morgan fingerprint density at radius 2 is 1.54 bits per heavy atom. The minimum Gasteiger partial charge on any atom is -0.225 e. The summed E-state index contributed by atoms with van der Waals surface area (Å²) in [6.45, 7) is 1.47. The third kappa shape index (κ3) is 4.81. The molecule has 0 aromatic heterocycles. The lowest BCUT2D eigenvalue weighted by Gasteiger charge is -2.16. The zero-order chi connectivity index (χ0) is 19.8. The first kappa shape index (κ1) is 20.4. The lowest BCUT2D eigenvalue weighted by Crippen LogP contribution is -2.27. The van der Waals surface area contributed by atoms with Gasteiger partial charge in [-0.15, -0.1) is 0 Å². The summed E-state index contributed by atoms with van der Waals surface area (Å²) in [5.74, 6) is 0. The van der Waals surface area contributed by atoms with Crippen LogP contribution in [0.25, 0.3) is 0 Å². The zero-order valence-corrected chi connectivity index (χ0v) is 15.0. The Labute approximate surface area is 148 Å². The largest absolute Gasteiger partial charge is 0.416 e. The Balaban J connectivity index is 2.26. The Morgan fingerprint density at radius 1 is 0.962 bits per heavy atom. The Morgan fingerprint density at radius 3 is 2.04 bits per heavy atom. The summed E-state index contributed by atoms with van der Waals surface area (Å²) in [6, 6.07) is 7.69. The minimum atomic E-state index is -4.67. The molecular weight excluding hydrogens is 393 g/mol. The molecule has 0 heterocycles. The molecule has 11 heteroatoms. The quantitative estimate of drug-likeness (QED) is 0.792. The molecule has 0 aliphatic carbocycles. The molecule has 2 aromatic rings. The number of hydrogen-bond donors (Lipinski definition) is 2. The van der Waals surface area contributed by atoms with E-state index >= 15 is 0 Å². The van der Waals surface area contributed by atoms with Gasteiger partial charge in [-0.3, -0.25) is 0 Å². The third-order valence-electron chi connectivity index (χ3n) is 3.51. The number of hydrogen-bond acceptors (Lipinski definition) is 4. The van der Waals surface area contributed by atoms with Crippen molar-refractivity contribution >= 4 is 20.0 Å². The van der Waals surface area contributed by atoms with Gasteiger partial charge in [-0.1, -0.05) is 18.2 Å². The van der Waals surface area contributed by atoms with E-state index in [4.69, 9.17) is 5.14 Å². The van der Waals surface area contributed by atoms with Gasteiger partial charge in [0, 0.05) is 6.04 Å². The predicted molar refractivity (Wildman–Crippen MR) is 88.0 cm³/mol. The van der Waals surface area contributed by atoms with Crippen LogP contribution in [0, 0.1) is 0 Å². The summed E-state index contributed by atoms with van der Waals surface area (Å²) >= 11 is 0. The van der Waals surface area contributed by atoms with Crippen molar-refractivity contribution in [2.45, 2.75) is 28.9 Å². The fourth-order valence-electron chi connectivity index (χ4n) is 2.15. The van der Waals surface area contributed by atoms with Crippen LogP contribution in [-0.2, 0) is 26.2 Å². The topological polar surface area (TPSA) is 106 Å².